The van der Waals surface area contributed by atoms with Gasteiger partial charge >= 0.3 is 0 Å². The fourth-order valence-corrected chi connectivity index (χ4v) is 1.64. The van der Waals surface area contributed by atoms with Crippen LogP contribution in [0.25, 0.3) is 0 Å². The van der Waals surface area contributed by atoms with Crippen LogP contribution >= 0.6 is 0 Å². The van der Waals surface area contributed by atoms with Crippen molar-refractivity contribution < 1.29 is 14.6 Å². The van der Waals surface area contributed by atoms with Crippen molar-refractivity contribution in [1.29, 1.82) is 0 Å². The summed E-state index contributed by atoms with van der Waals surface area (Å²) in [6.45, 7) is 1.55. The molecule has 0 spiro atoms. The van der Waals surface area contributed by atoms with Crippen LogP contribution < -0.4 is 0 Å². The van der Waals surface area contributed by atoms with Crippen LogP contribution in [0.3, 0.4) is 0 Å². The summed E-state index contributed by atoms with van der Waals surface area (Å²) in [5, 5.41) is 8.66. The van der Waals surface area contributed by atoms with Crippen LogP contribution in [-0.2, 0) is 9.53 Å². The van der Waals surface area contributed by atoms with Crippen molar-refractivity contribution in [1.82, 2.24) is 0 Å². The number of rotatable bonds is 4. The Morgan fingerprint density at radius 3 is 2.58 bits per heavy atom. The minimum absolute atomic E-state index is 0.177. The maximum atomic E-state index is 10.9. The average molecular weight is 172 g/mol. The minimum Gasteiger partial charge on any atom is -0.396 e. The second-order valence-electron chi connectivity index (χ2n) is 3.42. The first-order valence-electron chi connectivity index (χ1n) is 4.48. The third kappa shape index (κ3) is 2.29. The largest absolute Gasteiger partial charge is 0.396 e. The van der Waals surface area contributed by atoms with Crippen LogP contribution in [0.15, 0.2) is 0 Å². The number of carbonyl (C=O) groups is 1. The van der Waals surface area contributed by atoms with E-state index in [-0.39, 0.29) is 12.0 Å². The predicted octanol–water partition coefficient (Wildman–Crippen LogP) is 0.755. The Labute approximate surface area is 72.7 Å². The lowest BCUT2D eigenvalue weighted by molar-refractivity contribution is -0.122. The van der Waals surface area contributed by atoms with Crippen molar-refractivity contribution in [3.8, 4) is 0 Å². The first-order chi connectivity index (χ1) is 5.83. The lowest BCUT2D eigenvalue weighted by atomic mass is 9.78. The molecule has 1 rings (SSSR count). The molecule has 3 nitrogen and oxygen atoms in total. The van der Waals surface area contributed by atoms with E-state index in [0.717, 1.165) is 32.0 Å². The molecule has 0 aromatic rings. The summed E-state index contributed by atoms with van der Waals surface area (Å²) in [4.78, 5) is 10.9. The van der Waals surface area contributed by atoms with Crippen molar-refractivity contribution in [2.45, 2.75) is 25.7 Å². The van der Waals surface area contributed by atoms with E-state index in [4.69, 9.17) is 9.84 Å². The molecular formula is C9H16O3. The standard InChI is InChI=1S/C9H16O3/c10-5-1-2-9(8-11)3-6-12-7-4-9/h8,10H,1-7H2. The Balaban J connectivity index is 2.42. The Morgan fingerprint density at radius 1 is 1.42 bits per heavy atom. The lowest BCUT2D eigenvalue weighted by Crippen LogP contribution is -2.31. The number of carbonyl (C=O) groups excluding carboxylic acids is 1. The molecule has 1 fully saturated rings. The Kier molecular flexibility index (Phi) is 3.69. The summed E-state index contributed by atoms with van der Waals surface area (Å²) >= 11 is 0. The molecule has 0 amide bonds. The molecular weight excluding hydrogens is 156 g/mol. The van der Waals surface area contributed by atoms with E-state index in [1.165, 1.54) is 0 Å². The maximum Gasteiger partial charge on any atom is 0.126 e. The molecule has 3 heteroatoms. The van der Waals surface area contributed by atoms with Crippen LogP contribution in [0.4, 0.5) is 0 Å². The van der Waals surface area contributed by atoms with Gasteiger partial charge in [-0.05, 0) is 25.7 Å². The minimum atomic E-state index is -0.193. The number of ether oxygens (including phenoxy) is 1. The topological polar surface area (TPSA) is 46.5 Å². The number of aliphatic hydroxyl groups excluding tert-OH is 1. The Hall–Kier alpha value is -0.410. The molecule has 1 aliphatic heterocycles. The predicted molar refractivity (Wildman–Crippen MR) is 44.9 cm³/mol. The third-order valence-electron chi connectivity index (χ3n) is 2.57. The summed E-state index contributed by atoms with van der Waals surface area (Å²) in [5.74, 6) is 0. The maximum absolute atomic E-state index is 10.9. The van der Waals surface area contributed by atoms with Crippen molar-refractivity contribution >= 4 is 6.29 Å². The molecule has 0 atom stereocenters. The molecule has 0 bridgehead atoms. The molecule has 0 radical (unpaired) electrons. The van der Waals surface area contributed by atoms with Crippen LogP contribution in [0.1, 0.15) is 25.7 Å². The van der Waals surface area contributed by atoms with Crippen LogP contribution in [0.2, 0.25) is 0 Å². The van der Waals surface area contributed by atoms with E-state index in [0.29, 0.717) is 13.2 Å². The second kappa shape index (κ2) is 4.58. The van der Waals surface area contributed by atoms with Gasteiger partial charge in [-0.25, -0.2) is 0 Å². The van der Waals surface area contributed by atoms with Crippen molar-refractivity contribution in [2.75, 3.05) is 19.8 Å². The normalized spacial score (nSPS) is 22.1. The molecule has 1 aliphatic rings. The van der Waals surface area contributed by atoms with E-state index in [9.17, 15) is 4.79 Å². The molecule has 70 valence electrons. The van der Waals surface area contributed by atoms with E-state index in [1.807, 2.05) is 0 Å². The van der Waals surface area contributed by atoms with Gasteiger partial charge in [0.2, 0.25) is 0 Å². The van der Waals surface area contributed by atoms with Crippen LogP contribution in [0.5, 0.6) is 0 Å². The summed E-state index contributed by atoms with van der Waals surface area (Å²) in [6, 6.07) is 0. The Morgan fingerprint density at radius 2 is 2.08 bits per heavy atom. The van der Waals surface area contributed by atoms with E-state index < -0.39 is 0 Å². The van der Waals surface area contributed by atoms with Crippen LogP contribution in [-0.4, -0.2) is 31.2 Å². The van der Waals surface area contributed by atoms with Gasteiger partial charge in [-0.3, -0.25) is 0 Å². The van der Waals surface area contributed by atoms with Gasteiger partial charge in [0, 0.05) is 25.2 Å². The number of aliphatic hydroxyl groups is 1. The summed E-state index contributed by atoms with van der Waals surface area (Å²) < 4.78 is 5.19. The molecule has 12 heavy (non-hydrogen) atoms. The molecule has 0 saturated carbocycles. The van der Waals surface area contributed by atoms with Gasteiger partial charge < -0.3 is 14.6 Å². The first kappa shape index (κ1) is 9.68. The van der Waals surface area contributed by atoms with E-state index in [1.54, 1.807) is 0 Å². The van der Waals surface area contributed by atoms with Gasteiger partial charge in [0.15, 0.2) is 0 Å². The lowest BCUT2D eigenvalue weighted by Gasteiger charge is -2.31. The van der Waals surface area contributed by atoms with E-state index in [2.05, 4.69) is 0 Å². The average Bonchev–Trinajstić information content (AvgIpc) is 2.16. The van der Waals surface area contributed by atoms with Gasteiger partial charge in [0.25, 0.3) is 0 Å². The van der Waals surface area contributed by atoms with Gasteiger partial charge in [-0.15, -0.1) is 0 Å². The van der Waals surface area contributed by atoms with Gasteiger partial charge in [-0.2, -0.15) is 0 Å². The zero-order chi connectivity index (χ0) is 8.86. The second-order valence-corrected chi connectivity index (χ2v) is 3.42. The highest BCUT2D eigenvalue weighted by molar-refractivity contribution is 5.59. The third-order valence-corrected chi connectivity index (χ3v) is 2.57. The molecule has 1 saturated heterocycles. The molecule has 1 heterocycles. The van der Waals surface area contributed by atoms with Gasteiger partial charge in [0.05, 0.1) is 0 Å². The summed E-state index contributed by atoms with van der Waals surface area (Å²) in [6.07, 6.45) is 4.20. The number of aldehydes is 1. The van der Waals surface area contributed by atoms with Crippen molar-refractivity contribution in [3.05, 3.63) is 0 Å². The monoisotopic (exact) mass is 172 g/mol. The van der Waals surface area contributed by atoms with Crippen LogP contribution in [0, 0.1) is 5.41 Å². The molecule has 1 N–H and O–H groups in total. The smallest absolute Gasteiger partial charge is 0.126 e. The highest BCUT2D eigenvalue weighted by atomic mass is 16.5. The zero-order valence-electron chi connectivity index (χ0n) is 7.29. The summed E-state index contributed by atoms with van der Waals surface area (Å²) in [7, 11) is 0. The highest BCUT2D eigenvalue weighted by Crippen LogP contribution is 2.32. The molecule has 0 aromatic carbocycles. The summed E-state index contributed by atoms with van der Waals surface area (Å²) in [5.41, 5.74) is -0.193. The first-order valence-corrected chi connectivity index (χ1v) is 4.48. The highest BCUT2D eigenvalue weighted by Gasteiger charge is 2.31. The number of hydrogen-bond donors (Lipinski definition) is 1. The fourth-order valence-electron chi connectivity index (χ4n) is 1.64. The molecule has 0 aliphatic carbocycles. The zero-order valence-corrected chi connectivity index (χ0v) is 7.29. The van der Waals surface area contributed by atoms with E-state index >= 15 is 0 Å². The Bertz CT molecular complexity index is 139. The fraction of sp³-hybridized carbons (Fsp3) is 0.889. The van der Waals surface area contributed by atoms with Crippen molar-refractivity contribution in [3.63, 3.8) is 0 Å². The molecule has 0 unspecified atom stereocenters. The van der Waals surface area contributed by atoms with Gasteiger partial charge in [-0.1, -0.05) is 0 Å². The van der Waals surface area contributed by atoms with Crippen molar-refractivity contribution in [2.24, 2.45) is 5.41 Å². The quantitative estimate of drug-likeness (QED) is 0.637. The number of hydrogen-bond acceptors (Lipinski definition) is 3. The molecule has 0 aromatic heterocycles. The van der Waals surface area contributed by atoms with Gasteiger partial charge in [0.1, 0.15) is 6.29 Å². The SMILES string of the molecule is O=CC1(CCCO)CCOCC1.